The molecule has 18 heavy (non-hydrogen) atoms. The van der Waals surface area contributed by atoms with E-state index in [1.54, 1.807) is 13.4 Å². The van der Waals surface area contributed by atoms with Gasteiger partial charge in [-0.3, -0.25) is 0 Å². The van der Waals surface area contributed by atoms with Gasteiger partial charge in [-0.15, -0.1) is 0 Å². The molecule has 0 spiro atoms. The van der Waals surface area contributed by atoms with Crippen LogP contribution in [0, 0.1) is 0 Å². The molecular weight excluding hydrogens is 250 g/mol. The van der Waals surface area contributed by atoms with Crippen LogP contribution in [0.5, 0.6) is 5.75 Å². The van der Waals surface area contributed by atoms with Gasteiger partial charge in [-0.1, -0.05) is 18.0 Å². The minimum Gasteiger partial charge on any atom is -0.493 e. The summed E-state index contributed by atoms with van der Waals surface area (Å²) >= 11 is 6.52. The summed E-state index contributed by atoms with van der Waals surface area (Å²) in [6.45, 7) is 0.624. The third-order valence-electron chi connectivity index (χ3n) is 4.13. The van der Waals surface area contributed by atoms with Gasteiger partial charge in [0.1, 0.15) is 0 Å². The molecule has 1 aromatic carbocycles. The normalized spacial score (nSPS) is 17.7. The molecule has 0 saturated heterocycles. The number of benzene rings is 1. The molecule has 0 aliphatic heterocycles. The Kier molecular flexibility index (Phi) is 2.76. The van der Waals surface area contributed by atoms with E-state index in [4.69, 9.17) is 26.5 Å². The number of nitrogens with two attached hydrogens (primary N) is 1. The van der Waals surface area contributed by atoms with Crippen LogP contribution in [-0.4, -0.2) is 13.7 Å². The Morgan fingerprint density at radius 3 is 2.83 bits per heavy atom. The van der Waals surface area contributed by atoms with Gasteiger partial charge in [0.15, 0.2) is 11.3 Å². The second-order valence-corrected chi connectivity index (χ2v) is 5.32. The smallest absolute Gasteiger partial charge is 0.177 e. The zero-order chi connectivity index (χ0) is 12.8. The van der Waals surface area contributed by atoms with Crippen LogP contribution < -0.4 is 10.5 Å². The van der Waals surface area contributed by atoms with E-state index >= 15 is 0 Å². The lowest BCUT2D eigenvalue weighted by atomic mass is 9.64. The topological polar surface area (TPSA) is 48.4 Å². The van der Waals surface area contributed by atoms with Crippen LogP contribution in [0.4, 0.5) is 0 Å². The van der Waals surface area contributed by atoms with Gasteiger partial charge in [-0.05, 0) is 30.5 Å². The highest BCUT2D eigenvalue weighted by Crippen LogP contribution is 2.49. The summed E-state index contributed by atoms with van der Waals surface area (Å²) in [5, 5.41) is 1.66. The highest BCUT2D eigenvalue weighted by Gasteiger charge is 2.40. The summed E-state index contributed by atoms with van der Waals surface area (Å²) in [5.41, 5.74) is 7.79. The Bertz CT molecular complexity index is 581. The molecule has 1 fully saturated rings. The number of ether oxygens (including phenoxy) is 1. The van der Waals surface area contributed by atoms with Crippen LogP contribution in [0.2, 0.25) is 5.02 Å². The van der Waals surface area contributed by atoms with Gasteiger partial charge in [0.25, 0.3) is 0 Å². The van der Waals surface area contributed by atoms with Crippen LogP contribution in [0.3, 0.4) is 0 Å². The molecule has 0 amide bonds. The number of fused-ring (bicyclic) bond motifs is 1. The first-order chi connectivity index (χ1) is 8.72. The van der Waals surface area contributed by atoms with Gasteiger partial charge in [0.2, 0.25) is 0 Å². The van der Waals surface area contributed by atoms with Gasteiger partial charge >= 0.3 is 0 Å². The summed E-state index contributed by atoms with van der Waals surface area (Å²) in [6.07, 6.45) is 5.03. The van der Waals surface area contributed by atoms with Crippen LogP contribution in [-0.2, 0) is 5.41 Å². The quantitative estimate of drug-likeness (QED) is 0.924. The lowest BCUT2D eigenvalue weighted by Gasteiger charge is -2.42. The largest absolute Gasteiger partial charge is 0.493 e. The fraction of sp³-hybridized carbons (Fsp3) is 0.429. The molecule has 4 heteroatoms. The van der Waals surface area contributed by atoms with Crippen molar-refractivity contribution in [3.63, 3.8) is 0 Å². The number of hydrogen-bond donors (Lipinski definition) is 1. The number of furan rings is 1. The van der Waals surface area contributed by atoms with Crippen LogP contribution in [0.15, 0.2) is 22.8 Å². The molecule has 3 rings (SSSR count). The lowest BCUT2D eigenvalue weighted by Crippen LogP contribution is -2.41. The van der Waals surface area contributed by atoms with Crippen molar-refractivity contribution in [2.45, 2.75) is 24.7 Å². The third-order valence-corrected chi connectivity index (χ3v) is 4.54. The molecule has 3 nitrogen and oxygen atoms in total. The molecule has 1 aliphatic rings. The third kappa shape index (κ3) is 1.47. The average Bonchev–Trinajstić information content (AvgIpc) is 2.81. The second-order valence-electron chi connectivity index (χ2n) is 4.94. The minimum absolute atomic E-state index is 0.0236. The SMILES string of the molecule is COc1cc(C2(CN)CCC2)c(Cl)c2ccoc12. The zero-order valence-corrected chi connectivity index (χ0v) is 11.1. The van der Waals surface area contributed by atoms with Gasteiger partial charge in [0.05, 0.1) is 18.4 Å². The molecular formula is C14H16ClNO2. The number of halogens is 1. The molecule has 0 atom stereocenters. The molecule has 0 unspecified atom stereocenters. The van der Waals surface area contributed by atoms with Crippen LogP contribution >= 0.6 is 11.6 Å². The maximum atomic E-state index is 6.52. The predicted octanol–water partition coefficient (Wildman–Crippen LogP) is 3.48. The molecule has 96 valence electrons. The average molecular weight is 266 g/mol. The molecule has 1 heterocycles. The molecule has 1 aliphatic carbocycles. The van der Waals surface area contributed by atoms with Crippen molar-refractivity contribution in [3.8, 4) is 5.75 Å². The fourth-order valence-electron chi connectivity index (χ4n) is 2.80. The Morgan fingerprint density at radius 2 is 2.28 bits per heavy atom. The molecule has 2 N–H and O–H groups in total. The van der Waals surface area contributed by atoms with E-state index < -0.39 is 0 Å². The maximum absolute atomic E-state index is 6.52. The molecule has 1 saturated carbocycles. The molecule has 1 aromatic heterocycles. The van der Waals surface area contributed by atoms with Crippen molar-refractivity contribution in [2.75, 3.05) is 13.7 Å². The first kappa shape index (κ1) is 11.9. The lowest BCUT2D eigenvalue weighted by molar-refractivity contribution is 0.252. The van der Waals surface area contributed by atoms with E-state index in [2.05, 4.69) is 0 Å². The van der Waals surface area contributed by atoms with Crippen molar-refractivity contribution in [3.05, 3.63) is 29.0 Å². The number of hydrogen-bond acceptors (Lipinski definition) is 3. The molecule has 0 radical (unpaired) electrons. The monoisotopic (exact) mass is 265 g/mol. The zero-order valence-electron chi connectivity index (χ0n) is 10.3. The molecule has 2 aromatic rings. The summed E-state index contributed by atoms with van der Waals surface area (Å²) < 4.78 is 10.8. The highest BCUT2D eigenvalue weighted by molar-refractivity contribution is 6.36. The summed E-state index contributed by atoms with van der Waals surface area (Å²) in [5.74, 6) is 0.731. The van der Waals surface area contributed by atoms with Crippen LogP contribution in [0.1, 0.15) is 24.8 Å². The number of rotatable bonds is 3. The van der Waals surface area contributed by atoms with E-state index in [1.807, 2.05) is 12.1 Å². The predicted molar refractivity (Wildman–Crippen MR) is 72.4 cm³/mol. The van der Waals surface area contributed by atoms with E-state index in [9.17, 15) is 0 Å². The summed E-state index contributed by atoms with van der Waals surface area (Å²) in [6, 6.07) is 3.87. The summed E-state index contributed by atoms with van der Waals surface area (Å²) in [7, 11) is 1.64. The fourth-order valence-corrected chi connectivity index (χ4v) is 3.21. The first-order valence-corrected chi connectivity index (χ1v) is 6.54. The van der Waals surface area contributed by atoms with E-state index in [0.29, 0.717) is 12.1 Å². The first-order valence-electron chi connectivity index (χ1n) is 6.16. The van der Waals surface area contributed by atoms with Crippen LogP contribution in [0.25, 0.3) is 11.0 Å². The summed E-state index contributed by atoms with van der Waals surface area (Å²) in [4.78, 5) is 0. The number of methoxy groups -OCH3 is 1. The highest BCUT2D eigenvalue weighted by atomic mass is 35.5. The van der Waals surface area contributed by atoms with Crippen molar-refractivity contribution >= 4 is 22.6 Å². The Balaban J connectivity index is 2.26. The van der Waals surface area contributed by atoms with Gasteiger partial charge in [0, 0.05) is 17.3 Å². The van der Waals surface area contributed by atoms with Crippen molar-refractivity contribution < 1.29 is 9.15 Å². The Labute approximate surface area is 111 Å². The van der Waals surface area contributed by atoms with E-state index in [-0.39, 0.29) is 5.41 Å². The standard InChI is InChI=1S/C14H16ClNO2/c1-17-11-7-10(14(8-16)4-2-5-14)12(15)9-3-6-18-13(9)11/h3,6-7H,2,4-5,8,16H2,1H3. The Hall–Kier alpha value is -1.19. The second kappa shape index (κ2) is 4.18. The Morgan fingerprint density at radius 1 is 1.50 bits per heavy atom. The molecule has 0 bridgehead atoms. The van der Waals surface area contributed by atoms with E-state index in [0.717, 1.165) is 34.6 Å². The maximum Gasteiger partial charge on any atom is 0.177 e. The van der Waals surface area contributed by atoms with Crippen molar-refractivity contribution in [1.29, 1.82) is 0 Å². The minimum atomic E-state index is 0.0236. The van der Waals surface area contributed by atoms with Crippen molar-refractivity contribution in [1.82, 2.24) is 0 Å². The van der Waals surface area contributed by atoms with E-state index in [1.165, 1.54) is 6.42 Å². The van der Waals surface area contributed by atoms with Crippen molar-refractivity contribution in [2.24, 2.45) is 5.73 Å². The van der Waals surface area contributed by atoms with Gasteiger partial charge < -0.3 is 14.9 Å². The van der Waals surface area contributed by atoms with Gasteiger partial charge in [-0.2, -0.15) is 0 Å². The van der Waals surface area contributed by atoms with Gasteiger partial charge in [-0.25, -0.2) is 0 Å².